The van der Waals surface area contributed by atoms with Gasteiger partial charge in [0.1, 0.15) is 16.5 Å². The fraction of sp³-hybridized carbons (Fsp3) is 0.500. The lowest BCUT2D eigenvalue weighted by Gasteiger charge is -2.21. The number of carboxylic acids is 1. The van der Waals surface area contributed by atoms with E-state index < -0.39 is 5.97 Å². The number of hydrogen-bond donors (Lipinski definition) is 1. The first-order valence-corrected chi connectivity index (χ1v) is 6.05. The molecule has 1 aromatic rings. The van der Waals surface area contributed by atoms with Crippen LogP contribution in [0, 0.1) is 0 Å². The zero-order chi connectivity index (χ0) is 13.7. The van der Waals surface area contributed by atoms with Crippen LogP contribution in [0.2, 0.25) is 5.15 Å². The molecule has 6 heteroatoms. The van der Waals surface area contributed by atoms with Gasteiger partial charge in [-0.05, 0) is 39.2 Å². The predicted molar refractivity (Wildman–Crippen MR) is 72.6 cm³/mol. The van der Waals surface area contributed by atoms with Crippen molar-refractivity contribution in [3.63, 3.8) is 0 Å². The summed E-state index contributed by atoms with van der Waals surface area (Å²) in [6.07, 6.45) is 0.927. The third-order valence-corrected chi connectivity index (χ3v) is 2.74. The maximum atomic E-state index is 11.1. The average Bonchev–Trinajstić information content (AvgIpc) is 2.27. The Balaban J connectivity index is 2.80. The molecule has 5 nitrogen and oxygen atoms in total. The van der Waals surface area contributed by atoms with Gasteiger partial charge in [-0.25, -0.2) is 9.78 Å². The summed E-state index contributed by atoms with van der Waals surface area (Å²) in [7, 11) is 5.82. The standard InChI is InChI=1S/C12H18ClN3O2/c1-15(2)7-4-8-16(3)11-9(12(17)18)5-6-10(13)14-11/h5-6H,4,7-8H2,1-3H3,(H,17,18). The number of anilines is 1. The summed E-state index contributed by atoms with van der Waals surface area (Å²) in [5.74, 6) is -0.581. The summed E-state index contributed by atoms with van der Waals surface area (Å²) < 4.78 is 0. The van der Waals surface area contributed by atoms with E-state index in [1.807, 2.05) is 26.0 Å². The molecule has 1 aromatic heterocycles. The van der Waals surface area contributed by atoms with Gasteiger partial charge < -0.3 is 14.9 Å². The quantitative estimate of drug-likeness (QED) is 0.800. The topological polar surface area (TPSA) is 56.7 Å². The van der Waals surface area contributed by atoms with Crippen molar-refractivity contribution in [2.75, 3.05) is 39.1 Å². The zero-order valence-corrected chi connectivity index (χ0v) is 11.6. The summed E-state index contributed by atoms with van der Waals surface area (Å²) in [5.41, 5.74) is 0.173. The highest BCUT2D eigenvalue weighted by molar-refractivity contribution is 6.29. The first-order valence-electron chi connectivity index (χ1n) is 5.67. The molecule has 1 N–H and O–H groups in total. The number of hydrogen-bond acceptors (Lipinski definition) is 4. The molecule has 0 aliphatic rings. The van der Waals surface area contributed by atoms with Gasteiger partial charge in [-0.1, -0.05) is 11.6 Å². The summed E-state index contributed by atoms with van der Waals surface area (Å²) in [4.78, 5) is 19.1. The molecule has 0 atom stereocenters. The highest BCUT2D eigenvalue weighted by atomic mass is 35.5. The van der Waals surface area contributed by atoms with E-state index in [-0.39, 0.29) is 5.56 Å². The molecule has 1 rings (SSSR count). The van der Waals surface area contributed by atoms with Crippen LogP contribution in [0.25, 0.3) is 0 Å². The van der Waals surface area contributed by atoms with E-state index in [4.69, 9.17) is 16.7 Å². The van der Waals surface area contributed by atoms with E-state index in [1.165, 1.54) is 12.1 Å². The lowest BCUT2D eigenvalue weighted by molar-refractivity contribution is 0.0697. The van der Waals surface area contributed by atoms with Crippen LogP contribution in [0.1, 0.15) is 16.8 Å². The Morgan fingerprint density at radius 3 is 2.56 bits per heavy atom. The number of carboxylic acid groups (broad SMARTS) is 1. The van der Waals surface area contributed by atoms with Crippen LogP contribution in [0.5, 0.6) is 0 Å². The van der Waals surface area contributed by atoms with Crippen molar-refractivity contribution in [2.24, 2.45) is 0 Å². The Hall–Kier alpha value is -1.33. The van der Waals surface area contributed by atoms with Crippen LogP contribution in [-0.4, -0.2) is 55.2 Å². The van der Waals surface area contributed by atoms with Crippen molar-refractivity contribution in [3.8, 4) is 0 Å². The van der Waals surface area contributed by atoms with E-state index in [0.717, 1.165) is 19.5 Å². The van der Waals surface area contributed by atoms with Crippen LogP contribution < -0.4 is 4.90 Å². The molecule has 0 aliphatic carbocycles. The van der Waals surface area contributed by atoms with Gasteiger partial charge in [0.05, 0.1) is 0 Å². The predicted octanol–water partition coefficient (Wildman–Crippen LogP) is 1.82. The number of pyridine rings is 1. The number of carbonyl (C=O) groups is 1. The van der Waals surface area contributed by atoms with E-state index in [0.29, 0.717) is 11.0 Å². The van der Waals surface area contributed by atoms with Crippen molar-refractivity contribution in [1.29, 1.82) is 0 Å². The number of nitrogens with zero attached hydrogens (tertiary/aromatic N) is 3. The Morgan fingerprint density at radius 2 is 2.00 bits per heavy atom. The first-order chi connectivity index (χ1) is 8.41. The largest absolute Gasteiger partial charge is 0.478 e. The van der Waals surface area contributed by atoms with Gasteiger partial charge in [0.2, 0.25) is 0 Å². The van der Waals surface area contributed by atoms with Gasteiger partial charge in [-0.15, -0.1) is 0 Å². The molecule has 0 unspecified atom stereocenters. The van der Waals surface area contributed by atoms with Gasteiger partial charge in [0, 0.05) is 13.6 Å². The van der Waals surface area contributed by atoms with Gasteiger partial charge >= 0.3 is 5.97 Å². The monoisotopic (exact) mass is 271 g/mol. The van der Waals surface area contributed by atoms with Crippen LogP contribution in [0.15, 0.2) is 12.1 Å². The van der Waals surface area contributed by atoms with Crippen LogP contribution in [0.3, 0.4) is 0 Å². The minimum Gasteiger partial charge on any atom is -0.478 e. The molecule has 1 heterocycles. The summed E-state index contributed by atoms with van der Waals surface area (Å²) in [6, 6.07) is 2.97. The molecular formula is C12H18ClN3O2. The van der Waals surface area contributed by atoms with Crippen LogP contribution in [0.4, 0.5) is 5.82 Å². The third kappa shape index (κ3) is 4.16. The smallest absolute Gasteiger partial charge is 0.339 e. The lowest BCUT2D eigenvalue weighted by atomic mass is 10.2. The molecule has 0 radical (unpaired) electrons. The molecule has 0 saturated heterocycles. The molecule has 0 aliphatic heterocycles. The summed E-state index contributed by atoms with van der Waals surface area (Å²) >= 11 is 5.81. The normalized spacial score (nSPS) is 10.7. The van der Waals surface area contributed by atoms with Crippen molar-refractivity contribution < 1.29 is 9.90 Å². The summed E-state index contributed by atoms with van der Waals surface area (Å²) in [6.45, 7) is 1.67. The minimum absolute atomic E-state index is 0.173. The van der Waals surface area contributed by atoms with Gasteiger partial charge in [0.15, 0.2) is 0 Å². The minimum atomic E-state index is -0.992. The molecule has 0 aromatic carbocycles. The molecule has 0 amide bonds. The Labute approximate surface area is 112 Å². The van der Waals surface area contributed by atoms with Gasteiger partial charge in [0.25, 0.3) is 0 Å². The van der Waals surface area contributed by atoms with E-state index in [1.54, 1.807) is 0 Å². The lowest BCUT2D eigenvalue weighted by Crippen LogP contribution is -2.25. The Kier molecular flexibility index (Phi) is 5.37. The van der Waals surface area contributed by atoms with E-state index >= 15 is 0 Å². The first kappa shape index (κ1) is 14.7. The third-order valence-electron chi connectivity index (χ3n) is 2.53. The van der Waals surface area contributed by atoms with Gasteiger partial charge in [-0.3, -0.25) is 0 Å². The molecule has 18 heavy (non-hydrogen) atoms. The number of halogens is 1. The average molecular weight is 272 g/mol. The van der Waals surface area contributed by atoms with Crippen LogP contribution >= 0.6 is 11.6 Å². The zero-order valence-electron chi connectivity index (χ0n) is 10.9. The number of rotatable bonds is 6. The highest BCUT2D eigenvalue weighted by Gasteiger charge is 2.15. The Morgan fingerprint density at radius 1 is 1.33 bits per heavy atom. The molecule has 0 bridgehead atoms. The second-order valence-corrected chi connectivity index (χ2v) is 4.78. The van der Waals surface area contributed by atoms with Crippen LogP contribution in [-0.2, 0) is 0 Å². The van der Waals surface area contributed by atoms with Crippen molar-refractivity contribution >= 4 is 23.4 Å². The maximum Gasteiger partial charge on any atom is 0.339 e. The van der Waals surface area contributed by atoms with Crippen molar-refractivity contribution in [3.05, 3.63) is 22.8 Å². The summed E-state index contributed by atoms with van der Waals surface area (Å²) in [5, 5.41) is 9.40. The fourth-order valence-electron chi connectivity index (χ4n) is 1.61. The number of aromatic carboxylic acids is 1. The number of aromatic nitrogens is 1. The fourth-order valence-corrected chi connectivity index (χ4v) is 1.76. The van der Waals surface area contributed by atoms with E-state index in [2.05, 4.69) is 9.88 Å². The molecule has 0 fully saturated rings. The Bertz CT molecular complexity index is 424. The van der Waals surface area contributed by atoms with E-state index in [9.17, 15) is 4.79 Å². The molecule has 0 spiro atoms. The van der Waals surface area contributed by atoms with Gasteiger partial charge in [-0.2, -0.15) is 0 Å². The SMILES string of the molecule is CN(C)CCCN(C)c1nc(Cl)ccc1C(=O)O. The van der Waals surface area contributed by atoms with Crippen molar-refractivity contribution in [2.45, 2.75) is 6.42 Å². The highest BCUT2D eigenvalue weighted by Crippen LogP contribution is 2.20. The van der Waals surface area contributed by atoms with Crippen molar-refractivity contribution in [1.82, 2.24) is 9.88 Å². The second kappa shape index (κ2) is 6.56. The molecular weight excluding hydrogens is 254 g/mol. The second-order valence-electron chi connectivity index (χ2n) is 4.39. The molecule has 100 valence electrons. The maximum absolute atomic E-state index is 11.1. The molecule has 0 saturated carbocycles.